The van der Waals surface area contributed by atoms with Crippen molar-refractivity contribution in [2.24, 2.45) is 0 Å². The molecule has 0 bridgehead atoms. The van der Waals surface area contributed by atoms with Gasteiger partial charge < -0.3 is 10.6 Å². The molecule has 6 nitrogen and oxygen atoms in total. The van der Waals surface area contributed by atoms with Crippen molar-refractivity contribution in [2.75, 3.05) is 25.0 Å². The van der Waals surface area contributed by atoms with Crippen molar-refractivity contribution < 1.29 is 9.59 Å². The molecule has 2 amide bonds. The van der Waals surface area contributed by atoms with E-state index >= 15 is 0 Å². The Bertz CT molecular complexity index is 604. The van der Waals surface area contributed by atoms with Gasteiger partial charge in [0.25, 0.3) is 0 Å². The number of nitrogens with zero attached hydrogens (tertiary/aromatic N) is 2. The normalized spacial score (nSPS) is 17.7. The zero-order valence-electron chi connectivity index (χ0n) is 12.1. The van der Waals surface area contributed by atoms with E-state index in [4.69, 9.17) is 5.26 Å². The van der Waals surface area contributed by atoms with Crippen LogP contribution in [0.4, 0.5) is 5.69 Å². The number of anilines is 1. The molecule has 1 aliphatic heterocycles. The quantitative estimate of drug-likeness (QED) is 0.857. The van der Waals surface area contributed by atoms with E-state index in [0.29, 0.717) is 24.3 Å². The highest BCUT2D eigenvalue weighted by Crippen LogP contribution is 2.17. The fourth-order valence-corrected chi connectivity index (χ4v) is 2.26. The Balaban J connectivity index is 2.01. The van der Waals surface area contributed by atoms with Gasteiger partial charge in [-0.25, -0.2) is 0 Å². The molecule has 1 heterocycles. The molecule has 1 aromatic rings. The van der Waals surface area contributed by atoms with Crippen LogP contribution in [0.2, 0.25) is 0 Å². The number of carbonyl (C=O) groups is 2. The number of benzene rings is 1. The van der Waals surface area contributed by atoms with E-state index < -0.39 is 5.54 Å². The van der Waals surface area contributed by atoms with Crippen molar-refractivity contribution in [2.45, 2.75) is 19.4 Å². The van der Waals surface area contributed by atoms with Gasteiger partial charge in [-0.1, -0.05) is 6.07 Å². The summed E-state index contributed by atoms with van der Waals surface area (Å²) in [5, 5.41) is 14.4. The third-order valence-corrected chi connectivity index (χ3v) is 3.62. The molecule has 2 rings (SSSR count). The molecule has 1 saturated heterocycles. The summed E-state index contributed by atoms with van der Waals surface area (Å²) >= 11 is 0. The Morgan fingerprint density at radius 2 is 2.29 bits per heavy atom. The fraction of sp³-hybridized carbons (Fsp3) is 0.400. The molecule has 110 valence electrons. The van der Waals surface area contributed by atoms with Crippen LogP contribution >= 0.6 is 0 Å². The van der Waals surface area contributed by atoms with Crippen molar-refractivity contribution in [3.8, 4) is 6.07 Å². The highest BCUT2D eigenvalue weighted by atomic mass is 16.2. The molecule has 1 aromatic carbocycles. The number of piperazine rings is 1. The first kappa shape index (κ1) is 15.0. The number of nitriles is 1. The summed E-state index contributed by atoms with van der Waals surface area (Å²) in [5.74, 6) is -0.277. The van der Waals surface area contributed by atoms with Crippen molar-refractivity contribution in [3.63, 3.8) is 0 Å². The second-order valence-electron chi connectivity index (χ2n) is 5.48. The minimum atomic E-state index is -0.704. The zero-order valence-corrected chi connectivity index (χ0v) is 12.1. The average molecular weight is 286 g/mol. The molecule has 0 atom stereocenters. The lowest BCUT2D eigenvalue weighted by molar-refractivity contribution is -0.136. The van der Waals surface area contributed by atoms with Gasteiger partial charge in [0.1, 0.15) is 0 Å². The van der Waals surface area contributed by atoms with Gasteiger partial charge in [-0.3, -0.25) is 14.5 Å². The zero-order chi connectivity index (χ0) is 15.5. The minimum Gasteiger partial charge on any atom is -0.353 e. The Morgan fingerprint density at radius 3 is 3.00 bits per heavy atom. The number of carbonyl (C=O) groups excluding carboxylic acids is 2. The Hall–Kier alpha value is -2.39. The molecule has 0 saturated carbocycles. The van der Waals surface area contributed by atoms with Crippen LogP contribution in [-0.2, 0) is 9.59 Å². The van der Waals surface area contributed by atoms with Crippen LogP contribution in [0.25, 0.3) is 0 Å². The molecule has 2 N–H and O–H groups in total. The molecular weight excluding hydrogens is 268 g/mol. The molecular formula is C15H18N4O2. The molecule has 0 radical (unpaired) electrons. The predicted octanol–water partition coefficient (Wildman–Crippen LogP) is 0.707. The van der Waals surface area contributed by atoms with Crippen molar-refractivity contribution in [1.29, 1.82) is 5.26 Å². The Morgan fingerprint density at radius 1 is 1.52 bits per heavy atom. The molecule has 6 heteroatoms. The minimum absolute atomic E-state index is 0.0759. The van der Waals surface area contributed by atoms with E-state index in [2.05, 4.69) is 10.6 Å². The van der Waals surface area contributed by atoms with Crippen molar-refractivity contribution in [3.05, 3.63) is 29.8 Å². The van der Waals surface area contributed by atoms with Crippen LogP contribution in [0.15, 0.2) is 24.3 Å². The summed E-state index contributed by atoms with van der Waals surface area (Å²) in [4.78, 5) is 25.8. The maximum atomic E-state index is 12.1. The van der Waals surface area contributed by atoms with Crippen LogP contribution < -0.4 is 10.6 Å². The lowest BCUT2D eigenvalue weighted by Crippen LogP contribution is -2.62. The average Bonchev–Trinajstić information content (AvgIpc) is 2.44. The Labute approximate surface area is 123 Å². The smallest absolute Gasteiger partial charge is 0.240 e. The van der Waals surface area contributed by atoms with Crippen LogP contribution in [0.3, 0.4) is 0 Å². The number of nitrogens with one attached hydrogen (secondary N) is 2. The van der Waals surface area contributed by atoms with Gasteiger partial charge in [0, 0.05) is 18.8 Å². The maximum absolute atomic E-state index is 12.1. The molecule has 1 aliphatic rings. The first-order valence-corrected chi connectivity index (χ1v) is 6.77. The summed E-state index contributed by atoms with van der Waals surface area (Å²) in [6, 6.07) is 8.76. The van der Waals surface area contributed by atoms with E-state index in [0.717, 1.165) is 0 Å². The number of hydrogen-bond donors (Lipinski definition) is 2. The van der Waals surface area contributed by atoms with Gasteiger partial charge in [-0.15, -0.1) is 0 Å². The maximum Gasteiger partial charge on any atom is 0.240 e. The molecule has 0 aromatic heterocycles. The third kappa shape index (κ3) is 3.38. The molecule has 0 unspecified atom stereocenters. The van der Waals surface area contributed by atoms with Crippen LogP contribution in [-0.4, -0.2) is 41.9 Å². The summed E-state index contributed by atoms with van der Waals surface area (Å²) < 4.78 is 0. The fourth-order valence-electron chi connectivity index (χ4n) is 2.26. The molecule has 0 aliphatic carbocycles. The first-order valence-electron chi connectivity index (χ1n) is 6.77. The van der Waals surface area contributed by atoms with Gasteiger partial charge in [0.2, 0.25) is 11.8 Å². The van der Waals surface area contributed by atoms with Gasteiger partial charge >= 0.3 is 0 Å². The monoisotopic (exact) mass is 286 g/mol. The molecule has 1 fully saturated rings. The summed E-state index contributed by atoms with van der Waals surface area (Å²) in [6.07, 6.45) is 0. The van der Waals surface area contributed by atoms with E-state index in [1.54, 1.807) is 38.1 Å². The second kappa shape index (κ2) is 5.94. The van der Waals surface area contributed by atoms with Gasteiger partial charge in [-0.2, -0.15) is 5.26 Å². The summed E-state index contributed by atoms with van der Waals surface area (Å²) in [6.45, 7) is 4.90. The van der Waals surface area contributed by atoms with E-state index in [1.165, 1.54) is 0 Å². The SMILES string of the molecule is CC1(C)C(=O)NCCN1CC(=O)Nc1cccc(C#N)c1. The van der Waals surface area contributed by atoms with Gasteiger partial charge in [-0.05, 0) is 32.0 Å². The summed E-state index contributed by atoms with van der Waals surface area (Å²) in [7, 11) is 0. The van der Waals surface area contributed by atoms with Crippen LogP contribution in [0.1, 0.15) is 19.4 Å². The lowest BCUT2D eigenvalue weighted by atomic mass is 9.99. The highest BCUT2D eigenvalue weighted by Gasteiger charge is 2.38. The van der Waals surface area contributed by atoms with E-state index in [-0.39, 0.29) is 18.4 Å². The largest absolute Gasteiger partial charge is 0.353 e. The van der Waals surface area contributed by atoms with Gasteiger partial charge in [0.05, 0.1) is 23.7 Å². The number of hydrogen-bond acceptors (Lipinski definition) is 4. The highest BCUT2D eigenvalue weighted by molar-refractivity contribution is 5.93. The first-order chi connectivity index (χ1) is 9.93. The van der Waals surface area contributed by atoms with Crippen molar-refractivity contribution >= 4 is 17.5 Å². The van der Waals surface area contributed by atoms with E-state index in [9.17, 15) is 9.59 Å². The standard InChI is InChI=1S/C15H18N4O2/c1-15(2)14(21)17-6-7-19(15)10-13(20)18-12-5-3-4-11(8-12)9-16/h3-5,8H,6-7,10H2,1-2H3,(H,17,21)(H,18,20). The molecule has 0 spiro atoms. The third-order valence-electron chi connectivity index (χ3n) is 3.62. The van der Waals surface area contributed by atoms with Crippen molar-refractivity contribution in [1.82, 2.24) is 10.2 Å². The number of amides is 2. The van der Waals surface area contributed by atoms with E-state index in [1.807, 2.05) is 11.0 Å². The van der Waals surface area contributed by atoms with Gasteiger partial charge in [0.15, 0.2) is 0 Å². The second-order valence-corrected chi connectivity index (χ2v) is 5.48. The topological polar surface area (TPSA) is 85.2 Å². The number of rotatable bonds is 3. The predicted molar refractivity (Wildman–Crippen MR) is 78.4 cm³/mol. The van der Waals surface area contributed by atoms with Crippen LogP contribution in [0.5, 0.6) is 0 Å². The molecule has 21 heavy (non-hydrogen) atoms. The summed E-state index contributed by atoms with van der Waals surface area (Å²) in [5.41, 5.74) is 0.369. The lowest BCUT2D eigenvalue weighted by Gasteiger charge is -2.40. The van der Waals surface area contributed by atoms with Crippen LogP contribution in [0, 0.1) is 11.3 Å². The Kier molecular flexibility index (Phi) is 4.24.